The molecule has 1 aromatic rings. The molecular formula is C17H26O5. The van der Waals surface area contributed by atoms with Gasteiger partial charge in [-0.25, -0.2) is 0 Å². The van der Waals surface area contributed by atoms with Crippen LogP contribution in [0.1, 0.15) is 49.8 Å². The summed E-state index contributed by atoms with van der Waals surface area (Å²) in [7, 11) is 0. The van der Waals surface area contributed by atoms with Crippen LogP contribution in [0.25, 0.3) is 0 Å². The number of aromatic hydroxyl groups is 2. The maximum atomic E-state index is 11.3. The van der Waals surface area contributed by atoms with E-state index in [2.05, 4.69) is 0 Å². The molecule has 0 spiro atoms. The van der Waals surface area contributed by atoms with E-state index in [1.807, 2.05) is 0 Å². The van der Waals surface area contributed by atoms with Gasteiger partial charge in [-0.05, 0) is 69.7 Å². The molecule has 0 amide bonds. The Labute approximate surface area is 131 Å². The van der Waals surface area contributed by atoms with Crippen molar-refractivity contribution in [1.82, 2.24) is 0 Å². The average Bonchev–Trinajstić information content (AvgIpc) is 2.46. The highest BCUT2D eigenvalue weighted by atomic mass is 16.5. The lowest BCUT2D eigenvalue weighted by Crippen LogP contribution is -2.26. The second-order valence-electron chi connectivity index (χ2n) is 5.96. The van der Waals surface area contributed by atoms with Gasteiger partial charge in [-0.2, -0.15) is 0 Å². The minimum atomic E-state index is -1.03. The van der Waals surface area contributed by atoms with Crippen LogP contribution in [0.5, 0.6) is 11.5 Å². The minimum Gasteiger partial charge on any atom is -0.508 e. The molecule has 0 aliphatic carbocycles. The van der Waals surface area contributed by atoms with Crippen LogP contribution in [-0.4, -0.2) is 33.5 Å². The molecule has 124 valence electrons. The van der Waals surface area contributed by atoms with Crippen LogP contribution in [0.3, 0.4) is 0 Å². The number of hydrogen-bond acceptors (Lipinski definition) is 5. The number of carbonyl (C=O) groups excluding carboxylic acids is 1. The Hall–Kier alpha value is -1.75. The van der Waals surface area contributed by atoms with Crippen molar-refractivity contribution in [2.24, 2.45) is 0 Å². The number of phenols is 2. The van der Waals surface area contributed by atoms with Gasteiger partial charge in [0.05, 0.1) is 12.2 Å². The van der Waals surface area contributed by atoms with Gasteiger partial charge in [0, 0.05) is 6.42 Å². The summed E-state index contributed by atoms with van der Waals surface area (Å²) in [6.07, 6.45) is 1.24. The van der Waals surface area contributed by atoms with E-state index in [9.17, 15) is 20.1 Å². The lowest BCUT2D eigenvalue weighted by atomic mass is 9.90. The fourth-order valence-corrected chi connectivity index (χ4v) is 2.28. The third-order valence-electron chi connectivity index (χ3n) is 4.02. The molecule has 1 rings (SSSR count). The summed E-state index contributed by atoms with van der Waals surface area (Å²) in [6, 6.07) is 1.53. The van der Waals surface area contributed by atoms with E-state index in [-0.39, 0.29) is 23.9 Å². The summed E-state index contributed by atoms with van der Waals surface area (Å²) >= 11 is 0. The Morgan fingerprint density at radius 2 is 1.86 bits per heavy atom. The third kappa shape index (κ3) is 4.91. The van der Waals surface area contributed by atoms with E-state index in [0.717, 1.165) is 0 Å². The predicted octanol–water partition coefficient (Wildman–Crippen LogP) is 2.74. The van der Waals surface area contributed by atoms with E-state index in [1.165, 1.54) is 6.07 Å². The van der Waals surface area contributed by atoms with Gasteiger partial charge in [0.15, 0.2) is 0 Å². The number of hydrogen-bond donors (Lipinski definition) is 3. The first-order valence-corrected chi connectivity index (χ1v) is 7.57. The Bertz CT molecular complexity index is 534. The van der Waals surface area contributed by atoms with Crippen molar-refractivity contribution in [3.05, 3.63) is 22.8 Å². The molecule has 0 saturated carbocycles. The third-order valence-corrected chi connectivity index (χ3v) is 4.02. The van der Waals surface area contributed by atoms with Crippen LogP contribution in [0.2, 0.25) is 0 Å². The molecule has 5 nitrogen and oxygen atoms in total. The molecular weight excluding hydrogens is 284 g/mol. The van der Waals surface area contributed by atoms with Gasteiger partial charge >= 0.3 is 5.97 Å². The smallest absolute Gasteiger partial charge is 0.305 e. The van der Waals surface area contributed by atoms with E-state index in [4.69, 9.17) is 4.74 Å². The molecule has 0 aromatic heterocycles. The average molecular weight is 310 g/mol. The Morgan fingerprint density at radius 3 is 2.45 bits per heavy atom. The molecule has 22 heavy (non-hydrogen) atoms. The number of phenolic OH excluding ortho intramolecular Hbond substituents is 2. The zero-order chi connectivity index (χ0) is 16.9. The van der Waals surface area contributed by atoms with Crippen LogP contribution in [0.4, 0.5) is 0 Å². The summed E-state index contributed by atoms with van der Waals surface area (Å²) in [4.78, 5) is 11.3. The molecule has 0 aliphatic rings. The predicted molar refractivity (Wildman–Crippen MR) is 84.1 cm³/mol. The number of ether oxygens (including phenoxy) is 1. The number of benzene rings is 1. The molecule has 0 radical (unpaired) electrons. The van der Waals surface area contributed by atoms with Crippen LogP contribution in [0.15, 0.2) is 6.07 Å². The Kier molecular flexibility index (Phi) is 6.23. The highest BCUT2D eigenvalue weighted by Crippen LogP contribution is 2.33. The summed E-state index contributed by atoms with van der Waals surface area (Å²) in [5.41, 5.74) is 0.849. The SMILES string of the molecule is CCOC(=O)CCC(C)(O)CCc1cc(O)c(C)c(C)c1O. The van der Waals surface area contributed by atoms with Crippen molar-refractivity contribution >= 4 is 5.97 Å². The topological polar surface area (TPSA) is 87.0 Å². The monoisotopic (exact) mass is 310 g/mol. The molecule has 1 atom stereocenters. The largest absolute Gasteiger partial charge is 0.508 e. The van der Waals surface area contributed by atoms with Gasteiger partial charge in [0.1, 0.15) is 11.5 Å². The Morgan fingerprint density at radius 1 is 1.23 bits per heavy atom. The number of carbonyl (C=O) groups is 1. The zero-order valence-corrected chi connectivity index (χ0v) is 13.8. The van der Waals surface area contributed by atoms with E-state index >= 15 is 0 Å². The lowest BCUT2D eigenvalue weighted by Gasteiger charge is -2.23. The van der Waals surface area contributed by atoms with Crippen molar-refractivity contribution < 1.29 is 24.9 Å². The quantitative estimate of drug-likeness (QED) is 0.532. The molecule has 0 fully saturated rings. The highest BCUT2D eigenvalue weighted by Gasteiger charge is 2.23. The number of aliphatic hydroxyl groups is 1. The molecule has 0 heterocycles. The van der Waals surface area contributed by atoms with Gasteiger partial charge in [-0.1, -0.05) is 0 Å². The highest BCUT2D eigenvalue weighted by molar-refractivity contribution is 5.69. The van der Waals surface area contributed by atoms with E-state index < -0.39 is 5.60 Å². The fraction of sp³-hybridized carbons (Fsp3) is 0.588. The lowest BCUT2D eigenvalue weighted by molar-refractivity contribution is -0.144. The van der Waals surface area contributed by atoms with Crippen molar-refractivity contribution in [3.8, 4) is 11.5 Å². The first kappa shape index (κ1) is 18.3. The van der Waals surface area contributed by atoms with Crippen LogP contribution >= 0.6 is 0 Å². The van der Waals surface area contributed by atoms with E-state index in [0.29, 0.717) is 42.6 Å². The van der Waals surface area contributed by atoms with Gasteiger partial charge in [0.25, 0.3) is 0 Å². The zero-order valence-electron chi connectivity index (χ0n) is 13.8. The summed E-state index contributed by atoms with van der Waals surface area (Å²) < 4.78 is 4.84. The van der Waals surface area contributed by atoms with Gasteiger partial charge < -0.3 is 20.1 Å². The van der Waals surface area contributed by atoms with Gasteiger partial charge in [-0.15, -0.1) is 0 Å². The van der Waals surface area contributed by atoms with E-state index in [1.54, 1.807) is 27.7 Å². The fourth-order valence-electron chi connectivity index (χ4n) is 2.28. The van der Waals surface area contributed by atoms with Gasteiger partial charge in [0.2, 0.25) is 0 Å². The summed E-state index contributed by atoms with van der Waals surface area (Å²) in [5.74, 6) is -0.0394. The molecule has 1 aromatic carbocycles. The number of aryl methyl sites for hydroxylation is 1. The van der Waals surface area contributed by atoms with Crippen molar-refractivity contribution in [1.29, 1.82) is 0 Å². The maximum Gasteiger partial charge on any atom is 0.305 e. The van der Waals surface area contributed by atoms with Crippen molar-refractivity contribution in [3.63, 3.8) is 0 Å². The second kappa shape index (κ2) is 7.49. The second-order valence-corrected chi connectivity index (χ2v) is 5.96. The van der Waals surface area contributed by atoms with Crippen molar-refractivity contribution in [2.45, 2.75) is 59.0 Å². The molecule has 3 N–H and O–H groups in total. The van der Waals surface area contributed by atoms with Crippen molar-refractivity contribution in [2.75, 3.05) is 6.61 Å². The normalized spacial score (nSPS) is 13.7. The standard InChI is InChI=1S/C17H26O5/c1-5-22-15(19)7-9-17(4,21)8-6-13-10-14(18)11(2)12(3)16(13)20/h10,18,20-21H,5-9H2,1-4H3. The first-order valence-electron chi connectivity index (χ1n) is 7.57. The molecule has 0 saturated heterocycles. The molecule has 1 unspecified atom stereocenters. The molecule has 5 heteroatoms. The summed E-state index contributed by atoms with van der Waals surface area (Å²) in [5, 5.41) is 30.3. The molecule has 0 aliphatic heterocycles. The molecule has 0 bridgehead atoms. The van der Waals surface area contributed by atoms with Crippen LogP contribution in [-0.2, 0) is 16.0 Å². The van der Waals surface area contributed by atoms with Crippen LogP contribution < -0.4 is 0 Å². The summed E-state index contributed by atoms with van der Waals surface area (Å²) in [6.45, 7) is 7.21. The Balaban J connectivity index is 2.67. The minimum absolute atomic E-state index is 0.136. The van der Waals surface area contributed by atoms with Gasteiger partial charge in [-0.3, -0.25) is 4.79 Å². The number of rotatable bonds is 7. The van der Waals surface area contributed by atoms with Crippen LogP contribution in [0, 0.1) is 13.8 Å². The number of esters is 1. The first-order chi connectivity index (χ1) is 10.2. The maximum absolute atomic E-state index is 11.3.